The highest BCUT2D eigenvalue weighted by Crippen LogP contribution is 2.64. The Labute approximate surface area is 108 Å². The van der Waals surface area contributed by atoms with E-state index in [0.717, 1.165) is 4.90 Å². The molecule has 0 fully saturated rings. The first-order chi connectivity index (χ1) is 7.79. The van der Waals surface area contributed by atoms with Gasteiger partial charge in [0.2, 0.25) is 0 Å². The zero-order valence-electron chi connectivity index (χ0n) is 11.4. The Bertz CT molecular complexity index is 434. The average molecular weight is 272 g/mol. The van der Waals surface area contributed by atoms with Crippen LogP contribution in [0.4, 0.5) is 0 Å². The molecule has 1 aromatic carbocycles. The third kappa shape index (κ3) is 3.14. The van der Waals surface area contributed by atoms with Gasteiger partial charge in [-0.05, 0) is 70.6 Å². The highest BCUT2D eigenvalue weighted by Gasteiger charge is 2.30. The molecule has 0 bridgehead atoms. The van der Waals surface area contributed by atoms with E-state index >= 15 is 0 Å². The molecule has 1 rings (SSSR count). The zero-order valence-corrected chi connectivity index (χ0v) is 13.1. The monoisotopic (exact) mass is 272 g/mol. The number of hydrogen-bond donors (Lipinski definition) is 0. The number of nitrogens with zero attached hydrogens (tertiary/aromatic N) is 2. The van der Waals surface area contributed by atoms with E-state index in [9.17, 15) is 4.57 Å². The Kier molecular flexibility index (Phi) is 4.85. The Hall–Kier alpha value is -0.280. The molecule has 0 aliphatic heterocycles. The molecular formula is C12H21N2OPS. The smallest absolute Gasteiger partial charge is 0.275 e. The fourth-order valence-electron chi connectivity index (χ4n) is 1.47. The Morgan fingerprint density at radius 3 is 2.06 bits per heavy atom. The van der Waals surface area contributed by atoms with Gasteiger partial charge in [-0.3, -0.25) is 4.57 Å². The standard InChI is InChI=1S/C12H21N2OPS/c1-10-8-7-9-12(11(10)2)17-16(15,13(3)4)14(5)6/h7-9H,1-6H3. The summed E-state index contributed by atoms with van der Waals surface area (Å²) in [6, 6.07) is 6.13. The molecule has 0 aliphatic rings. The van der Waals surface area contributed by atoms with Crippen molar-refractivity contribution in [3.05, 3.63) is 29.3 Å². The molecule has 1 aromatic rings. The Balaban J connectivity index is 3.12. The van der Waals surface area contributed by atoms with Crippen LogP contribution in [-0.2, 0) is 4.57 Å². The van der Waals surface area contributed by atoms with Crippen molar-refractivity contribution in [2.75, 3.05) is 28.2 Å². The maximum Gasteiger partial charge on any atom is 0.275 e. The van der Waals surface area contributed by atoms with E-state index in [0.29, 0.717) is 0 Å². The Morgan fingerprint density at radius 1 is 1.06 bits per heavy atom. The molecule has 0 aromatic heterocycles. The SMILES string of the molecule is Cc1cccc(SP(=O)(N(C)C)N(C)C)c1C. The van der Waals surface area contributed by atoms with Crippen molar-refractivity contribution in [3.8, 4) is 0 Å². The normalized spacial score (nSPS) is 12.5. The molecule has 0 radical (unpaired) electrons. The van der Waals surface area contributed by atoms with E-state index < -0.39 is 6.65 Å². The minimum Gasteiger partial charge on any atom is -0.276 e. The Morgan fingerprint density at radius 2 is 1.59 bits per heavy atom. The van der Waals surface area contributed by atoms with Crippen LogP contribution in [0.5, 0.6) is 0 Å². The minimum atomic E-state index is -2.55. The zero-order chi connectivity index (χ0) is 13.2. The highest BCUT2D eigenvalue weighted by atomic mass is 32.7. The molecule has 0 amide bonds. The van der Waals surface area contributed by atoms with Crippen molar-refractivity contribution < 1.29 is 4.57 Å². The van der Waals surface area contributed by atoms with Crippen LogP contribution in [0, 0.1) is 13.8 Å². The summed E-state index contributed by atoms with van der Waals surface area (Å²) in [6.45, 7) is 1.61. The van der Waals surface area contributed by atoms with Crippen molar-refractivity contribution in [2.45, 2.75) is 18.7 Å². The van der Waals surface area contributed by atoms with Crippen LogP contribution >= 0.6 is 18.0 Å². The summed E-state index contributed by atoms with van der Waals surface area (Å²) in [6.07, 6.45) is 0. The topological polar surface area (TPSA) is 23.6 Å². The lowest BCUT2D eigenvalue weighted by atomic mass is 10.1. The third-order valence-electron chi connectivity index (χ3n) is 2.78. The van der Waals surface area contributed by atoms with E-state index in [1.165, 1.54) is 22.5 Å². The van der Waals surface area contributed by atoms with Gasteiger partial charge in [-0.1, -0.05) is 12.1 Å². The van der Waals surface area contributed by atoms with E-state index in [-0.39, 0.29) is 0 Å². The highest BCUT2D eigenvalue weighted by molar-refractivity contribution is 8.56. The van der Waals surface area contributed by atoms with E-state index in [1.807, 2.05) is 40.3 Å². The van der Waals surface area contributed by atoms with Gasteiger partial charge in [0.1, 0.15) is 0 Å². The van der Waals surface area contributed by atoms with Crippen LogP contribution in [0.3, 0.4) is 0 Å². The van der Waals surface area contributed by atoms with Crippen LogP contribution in [0.2, 0.25) is 0 Å². The maximum atomic E-state index is 12.9. The van der Waals surface area contributed by atoms with Gasteiger partial charge in [0.15, 0.2) is 0 Å². The van der Waals surface area contributed by atoms with Gasteiger partial charge >= 0.3 is 0 Å². The van der Waals surface area contributed by atoms with Crippen LogP contribution < -0.4 is 0 Å². The lowest BCUT2D eigenvalue weighted by molar-refractivity contribution is 0.468. The lowest BCUT2D eigenvalue weighted by Gasteiger charge is -2.30. The lowest BCUT2D eigenvalue weighted by Crippen LogP contribution is -2.18. The molecule has 5 heteroatoms. The second-order valence-electron chi connectivity index (χ2n) is 4.47. The fraction of sp³-hybridized carbons (Fsp3) is 0.500. The van der Waals surface area contributed by atoms with Gasteiger partial charge in [-0.2, -0.15) is 0 Å². The first-order valence-corrected chi connectivity index (χ1v) is 8.54. The molecule has 0 heterocycles. The summed E-state index contributed by atoms with van der Waals surface area (Å²) >= 11 is 1.46. The number of benzene rings is 1. The van der Waals surface area contributed by atoms with E-state index in [1.54, 1.807) is 9.34 Å². The number of aryl methyl sites for hydroxylation is 1. The second-order valence-corrected chi connectivity index (χ2v) is 9.65. The second kappa shape index (κ2) is 5.57. The van der Waals surface area contributed by atoms with Crippen LogP contribution in [0.1, 0.15) is 11.1 Å². The van der Waals surface area contributed by atoms with Gasteiger partial charge in [0.05, 0.1) is 0 Å². The summed E-state index contributed by atoms with van der Waals surface area (Å²) in [4.78, 5) is 1.09. The summed E-state index contributed by atoms with van der Waals surface area (Å²) in [7, 11) is 7.44. The molecule has 0 atom stereocenters. The first kappa shape index (κ1) is 14.8. The number of rotatable bonds is 4. The van der Waals surface area contributed by atoms with Crippen molar-refractivity contribution in [1.29, 1.82) is 0 Å². The molecular weight excluding hydrogens is 251 g/mol. The predicted octanol–water partition coefficient (Wildman–Crippen LogP) is 3.63. The minimum absolute atomic E-state index is 1.09. The molecule has 0 spiro atoms. The molecule has 0 unspecified atom stereocenters. The summed E-state index contributed by atoms with van der Waals surface area (Å²) in [5.74, 6) is 0. The molecule has 0 saturated heterocycles. The summed E-state index contributed by atoms with van der Waals surface area (Å²) in [5.41, 5.74) is 2.44. The molecule has 17 heavy (non-hydrogen) atoms. The molecule has 0 N–H and O–H groups in total. The van der Waals surface area contributed by atoms with Crippen molar-refractivity contribution in [3.63, 3.8) is 0 Å². The van der Waals surface area contributed by atoms with E-state index in [2.05, 4.69) is 19.9 Å². The molecule has 0 aliphatic carbocycles. The molecule has 96 valence electrons. The number of hydrogen-bond acceptors (Lipinski definition) is 2. The first-order valence-electron chi connectivity index (χ1n) is 5.50. The molecule has 0 saturated carbocycles. The quantitative estimate of drug-likeness (QED) is 0.781. The average Bonchev–Trinajstić information content (AvgIpc) is 2.24. The summed E-state index contributed by atoms with van der Waals surface area (Å²) in [5, 5.41) is 0. The fourth-order valence-corrected chi connectivity index (χ4v) is 5.55. The predicted molar refractivity (Wildman–Crippen MR) is 76.8 cm³/mol. The van der Waals surface area contributed by atoms with Crippen molar-refractivity contribution in [2.24, 2.45) is 0 Å². The van der Waals surface area contributed by atoms with Crippen molar-refractivity contribution >= 4 is 18.0 Å². The largest absolute Gasteiger partial charge is 0.276 e. The van der Waals surface area contributed by atoms with E-state index in [4.69, 9.17) is 0 Å². The van der Waals surface area contributed by atoms with Gasteiger partial charge in [-0.15, -0.1) is 0 Å². The summed E-state index contributed by atoms with van der Waals surface area (Å²) < 4.78 is 16.5. The maximum absolute atomic E-state index is 12.9. The van der Waals surface area contributed by atoms with Gasteiger partial charge < -0.3 is 0 Å². The van der Waals surface area contributed by atoms with Crippen LogP contribution in [-0.4, -0.2) is 37.5 Å². The van der Waals surface area contributed by atoms with Crippen LogP contribution in [0.25, 0.3) is 0 Å². The van der Waals surface area contributed by atoms with Crippen LogP contribution in [0.15, 0.2) is 23.1 Å². The van der Waals surface area contributed by atoms with Gasteiger partial charge in [0.25, 0.3) is 6.65 Å². The third-order valence-corrected chi connectivity index (χ3v) is 8.95. The molecule has 3 nitrogen and oxygen atoms in total. The van der Waals surface area contributed by atoms with Crippen molar-refractivity contribution in [1.82, 2.24) is 9.34 Å². The van der Waals surface area contributed by atoms with Gasteiger partial charge in [-0.25, -0.2) is 9.34 Å². The van der Waals surface area contributed by atoms with Gasteiger partial charge in [0, 0.05) is 4.90 Å².